The Kier molecular flexibility index (Phi) is 11.4. The summed E-state index contributed by atoms with van der Waals surface area (Å²) < 4.78 is 3.92. The molecule has 1 heterocycles. The Morgan fingerprint density at radius 1 is 1.43 bits per heavy atom. The maximum absolute atomic E-state index is 11.1. The Bertz CT molecular complexity index is 452. The predicted octanol–water partition coefficient (Wildman–Crippen LogP) is -7.95. The normalized spacial score (nSPS) is 10.3. The summed E-state index contributed by atoms with van der Waals surface area (Å²) in [5, 5.41) is 31.5. The first-order chi connectivity index (χ1) is 9.23. The van der Waals surface area contributed by atoms with E-state index in [0.717, 1.165) is 0 Å². The molecule has 0 spiro atoms. The summed E-state index contributed by atoms with van der Waals surface area (Å²) >= 11 is 0. The molecule has 0 radical (unpaired) electrons. The monoisotopic (exact) mass is 295 g/mol. The molecule has 1 rings (SSSR count). The second-order valence-corrected chi connectivity index (χ2v) is 3.23. The number of nitrogens with zero attached hydrogens (tertiary/aromatic N) is 1. The van der Waals surface area contributed by atoms with Crippen LogP contribution in [0.3, 0.4) is 0 Å². The first-order valence-corrected chi connectivity index (χ1v) is 4.98. The van der Waals surface area contributed by atoms with Gasteiger partial charge in [-0.15, -0.1) is 0 Å². The zero-order chi connectivity index (χ0) is 15.7. The van der Waals surface area contributed by atoms with Crippen LogP contribution in [0.1, 0.15) is 5.69 Å². The van der Waals surface area contributed by atoms with Gasteiger partial charge in [0.05, 0.1) is 6.33 Å². The van der Waals surface area contributed by atoms with Gasteiger partial charge < -0.3 is 40.4 Å². The van der Waals surface area contributed by atoms with Gasteiger partial charge >= 0.3 is 38.1 Å². The summed E-state index contributed by atoms with van der Waals surface area (Å²) in [6, 6.07) is -1.15. The van der Waals surface area contributed by atoms with Crippen molar-refractivity contribution in [3.8, 4) is 0 Å². The van der Waals surface area contributed by atoms with Crippen molar-refractivity contribution in [2.24, 2.45) is 5.73 Å². The fourth-order valence-electron chi connectivity index (χ4n) is 0.925. The molecule has 0 unspecified atom stereocenters. The molecule has 0 aliphatic carbocycles. The summed E-state index contributed by atoms with van der Waals surface area (Å²) in [5.74, 6) is -4.99. The minimum atomic E-state index is -2.17. The van der Waals surface area contributed by atoms with Crippen LogP contribution in [0.2, 0.25) is 0 Å². The molecule has 0 aliphatic rings. The van der Waals surface area contributed by atoms with Gasteiger partial charge in [0.15, 0.2) is 5.97 Å². The predicted molar refractivity (Wildman–Crippen MR) is 58.8 cm³/mol. The van der Waals surface area contributed by atoms with Crippen molar-refractivity contribution in [1.82, 2.24) is 9.97 Å². The standard InChI is InChI=1S/C8H9N3O5.BH3O3.Li/c9-5(1-4-2-10-3-11-4)7(14)16-8(15)6(12)13;2-1(3)4;/h2-3,5H,1,9H2,(H,10,11)(H,12,13);2-4H;/q;;+1/p-1/t5-;;/m0../s1. The fraction of sp³-hybridized carbons (Fsp3) is 0.250. The minimum absolute atomic E-state index is 0. The summed E-state index contributed by atoms with van der Waals surface area (Å²) in [6.45, 7) is 0. The van der Waals surface area contributed by atoms with Crippen LogP contribution < -0.4 is 29.7 Å². The number of aromatic nitrogens is 2. The van der Waals surface area contributed by atoms with E-state index in [9.17, 15) is 19.5 Å². The Balaban J connectivity index is 0. The second kappa shape index (κ2) is 11.0. The second-order valence-electron chi connectivity index (χ2n) is 3.23. The fourth-order valence-corrected chi connectivity index (χ4v) is 0.925. The number of H-pyrrole nitrogens is 1. The van der Waals surface area contributed by atoms with Crippen molar-refractivity contribution in [2.75, 3.05) is 0 Å². The van der Waals surface area contributed by atoms with Gasteiger partial charge in [0.25, 0.3) is 0 Å². The van der Waals surface area contributed by atoms with Crippen molar-refractivity contribution >= 4 is 25.2 Å². The van der Waals surface area contributed by atoms with E-state index < -0.39 is 31.3 Å². The van der Waals surface area contributed by atoms with Gasteiger partial charge in [0, 0.05) is 18.3 Å². The molecule has 0 saturated heterocycles. The van der Waals surface area contributed by atoms with E-state index >= 15 is 0 Å². The van der Waals surface area contributed by atoms with E-state index in [2.05, 4.69) is 14.7 Å². The van der Waals surface area contributed by atoms with Crippen LogP contribution in [0.25, 0.3) is 0 Å². The van der Waals surface area contributed by atoms with E-state index in [1.807, 2.05) is 0 Å². The van der Waals surface area contributed by atoms with Crippen LogP contribution in [0.5, 0.6) is 0 Å². The maximum atomic E-state index is 11.1. The number of esters is 2. The van der Waals surface area contributed by atoms with E-state index in [-0.39, 0.29) is 25.3 Å². The summed E-state index contributed by atoms with van der Waals surface area (Å²) in [7, 11) is -2.17. The number of carbonyl (C=O) groups excluding carboxylic acids is 3. The number of nitrogens with two attached hydrogens (primary N) is 1. The SMILES string of the molecule is N[C@@H](Cc1cnc[nH]1)C(=O)OC(=O)C(=O)[O-].OB(O)O.[Li+]. The van der Waals surface area contributed by atoms with Gasteiger partial charge in [-0.25, -0.2) is 14.6 Å². The molecule has 11 nitrogen and oxygen atoms in total. The maximum Gasteiger partial charge on any atom is 1.00 e. The van der Waals surface area contributed by atoms with Crippen LogP contribution in [-0.2, 0) is 25.5 Å². The van der Waals surface area contributed by atoms with Crippen LogP contribution in [0, 0.1) is 0 Å². The third kappa shape index (κ3) is 10.7. The number of nitrogens with one attached hydrogen (secondary N) is 1. The molecule has 21 heavy (non-hydrogen) atoms. The van der Waals surface area contributed by atoms with Gasteiger partial charge in [-0.1, -0.05) is 0 Å². The number of hydrogen-bond donors (Lipinski definition) is 5. The van der Waals surface area contributed by atoms with Gasteiger partial charge in [-0.05, 0) is 0 Å². The number of carboxylic acid groups (broad SMARTS) is 1. The Hall–Kier alpha value is -1.68. The number of carboxylic acids is 1. The van der Waals surface area contributed by atoms with Crippen LogP contribution in [0.4, 0.5) is 0 Å². The van der Waals surface area contributed by atoms with E-state index in [1.54, 1.807) is 0 Å². The smallest absolute Gasteiger partial charge is 0.539 e. The van der Waals surface area contributed by atoms with Crippen LogP contribution >= 0.6 is 0 Å². The van der Waals surface area contributed by atoms with Crippen LogP contribution in [-0.4, -0.2) is 56.3 Å². The first-order valence-electron chi connectivity index (χ1n) is 4.98. The third-order valence-corrected chi connectivity index (χ3v) is 1.66. The Morgan fingerprint density at radius 3 is 2.33 bits per heavy atom. The average Bonchev–Trinajstić information content (AvgIpc) is 2.80. The summed E-state index contributed by atoms with van der Waals surface area (Å²) in [4.78, 5) is 37.9. The van der Waals surface area contributed by atoms with Crippen LogP contribution in [0.15, 0.2) is 12.5 Å². The first kappa shape index (κ1) is 21.6. The molecule has 0 aromatic carbocycles. The average molecular weight is 295 g/mol. The molecule has 0 fully saturated rings. The number of hydrogen-bond acceptors (Lipinski definition) is 10. The number of aliphatic carboxylic acids is 1. The molecule has 110 valence electrons. The molecule has 1 aromatic heterocycles. The molecule has 13 heteroatoms. The number of ether oxygens (including phenoxy) is 1. The van der Waals surface area contributed by atoms with Crippen molar-refractivity contribution < 1.29 is 58.2 Å². The van der Waals surface area contributed by atoms with Crippen molar-refractivity contribution in [2.45, 2.75) is 12.5 Å². The van der Waals surface area contributed by atoms with E-state index in [0.29, 0.717) is 5.69 Å². The van der Waals surface area contributed by atoms with Gasteiger partial charge in [0.2, 0.25) is 0 Å². The van der Waals surface area contributed by atoms with Gasteiger partial charge in [-0.2, -0.15) is 0 Å². The molecule has 1 atom stereocenters. The number of carbonyl (C=O) groups is 3. The van der Waals surface area contributed by atoms with Crippen molar-refractivity contribution in [3.05, 3.63) is 18.2 Å². The summed E-state index contributed by atoms with van der Waals surface area (Å²) in [5.41, 5.74) is 5.93. The molecular weight excluding hydrogens is 284 g/mol. The Labute approximate surface area is 130 Å². The molecule has 0 aliphatic heterocycles. The van der Waals surface area contributed by atoms with E-state index in [4.69, 9.17) is 20.8 Å². The van der Waals surface area contributed by atoms with Crippen molar-refractivity contribution in [3.63, 3.8) is 0 Å². The topological polar surface area (TPSA) is 199 Å². The van der Waals surface area contributed by atoms with E-state index in [1.165, 1.54) is 12.5 Å². The zero-order valence-corrected chi connectivity index (χ0v) is 10.9. The summed E-state index contributed by atoms with van der Waals surface area (Å²) in [6.07, 6.45) is 2.88. The zero-order valence-electron chi connectivity index (χ0n) is 10.9. The molecule has 6 N–H and O–H groups in total. The molecular formula is C8H11BLiN3O8. The Morgan fingerprint density at radius 2 is 1.95 bits per heavy atom. The number of rotatable bonds is 3. The van der Waals surface area contributed by atoms with Gasteiger partial charge in [-0.3, -0.25) is 0 Å². The number of imidazole rings is 1. The largest absolute Gasteiger partial charge is 1.00 e. The molecule has 1 aromatic rings. The molecule has 0 bridgehead atoms. The quantitative estimate of drug-likeness (QED) is 0.154. The van der Waals surface area contributed by atoms with Gasteiger partial charge in [0.1, 0.15) is 6.04 Å². The molecule has 0 amide bonds. The third-order valence-electron chi connectivity index (χ3n) is 1.66. The van der Waals surface area contributed by atoms with Crippen molar-refractivity contribution in [1.29, 1.82) is 0 Å². The minimum Gasteiger partial charge on any atom is -0.539 e. The number of aromatic amines is 1. The molecule has 0 saturated carbocycles.